The lowest BCUT2D eigenvalue weighted by molar-refractivity contribution is -0.150. The molecule has 9 heteroatoms. The summed E-state index contributed by atoms with van der Waals surface area (Å²) in [5.74, 6) is -1.79. The molecule has 196 valence electrons. The van der Waals surface area contributed by atoms with Gasteiger partial charge < -0.3 is 15.5 Å². The van der Waals surface area contributed by atoms with E-state index in [2.05, 4.69) is 22.2 Å². The monoisotopic (exact) mass is 506 g/mol. The number of benzene rings is 1. The number of nitrogens with zero attached hydrogens (tertiary/aromatic N) is 2. The summed E-state index contributed by atoms with van der Waals surface area (Å²) in [5, 5.41) is 35.0. The molecule has 2 heterocycles. The fourth-order valence-electron chi connectivity index (χ4n) is 5.14. The number of aromatic nitrogens is 2. The van der Waals surface area contributed by atoms with Gasteiger partial charge >= 0.3 is 0 Å². The van der Waals surface area contributed by atoms with Gasteiger partial charge in [0.1, 0.15) is 0 Å². The number of carbonyl (C=O) groups excluding carboxylic acids is 2. The van der Waals surface area contributed by atoms with Gasteiger partial charge in [-0.1, -0.05) is 37.3 Å². The Kier molecular flexibility index (Phi) is 8.48. The van der Waals surface area contributed by atoms with Gasteiger partial charge in [0.2, 0.25) is 5.91 Å². The van der Waals surface area contributed by atoms with Crippen LogP contribution in [0.5, 0.6) is 0 Å². The van der Waals surface area contributed by atoms with E-state index in [1.165, 1.54) is 6.20 Å². The number of aliphatic hydroxyl groups excluding tert-OH is 1. The van der Waals surface area contributed by atoms with Crippen LogP contribution >= 0.6 is 0 Å². The first-order chi connectivity index (χ1) is 17.8. The van der Waals surface area contributed by atoms with Crippen molar-refractivity contribution in [3.8, 4) is 0 Å². The summed E-state index contributed by atoms with van der Waals surface area (Å²) in [5.41, 5.74) is 2.73. The van der Waals surface area contributed by atoms with Gasteiger partial charge in [0.25, 0.3) is 5.91 Å². The number of pyridine rings is 2. The van der Waals surface area contributed by atoms with Crippen LogP contribution in [-0.4, -0.2) is 54.9 Å². The molecule has 1 fully saturated rings. The lowest BCUT2D eigenvalue weighted by atomic mass is 9.70. The zero-order chi connectivity index (χ0) is 26.4. The second-order valence-electron chi connectivity index (χ2n) is 10.2. The first-order valence-electron chi connectivity index (χ1n) is 12.7. The quantitative estimate of drug-likeness (QED) is 0.222. The van der Waals surface area contributed by atoms with Gasteiger partial charge in [-0.3, -0.25) is 24.8 Å². The predicted molar refractivity (Wildman–Crippen MR) is 138 cm³/mol. The third-order valence-electron chi connectivity index (χ3n) is 7.49. The maximum Gasteiger partial charge on any atom is 0.253 e. The number of aliphatic hydroxyl groups is 2. The Hall–Kier alpha value is -3.40. The number of nitrogens with one attached hydrogen (secondary N) is 2. The molecule has 9 nitrogen and oxygen atoms in total. The zero-order valence-corrected chi connectivity index (χ0v) is 20.9. The fraction of sp³-hybridized carbons (Fsp3) is 0.429. The van der Waals surface area contributed by atoms with Gasteiger partial charge in [0, 0.05) is 12.4 Å². The van der Waals surface area contributed by atoms with Crippen LogP contribution in [0.2, 0.25) is 0 Å². The molecule has 2 aromatic heterocycles. The van der Waals surface area contributed by atoms with Gasteiger partial charge in [-0.15, -0.1) is 0 Å². The summed E-state index contributed by atoms with van der Waals surface area (Å²) in [4.78, 5) is 34.4. The van der Waals surface area contributed by atoms with Crippen molar-refractivity contribution in [2.24, 2.45) is 11.8 Å². The van der Waals surface area contributed by atoms with Crippen LogP contribution in [0, 0.1) is 11.8 Å². The minimum absolute atomic E-state index is 0.132. The van der Waals surface area contributed by atoms with E-state index in [1.54, 1.807) is 29.9 Å². The normalized spacial score (nSPS) is 22.1. The first kappa shape index (κ1) is 26.7. The molecule has 0 spiro atoms. The van der Waals surface area contributed by atoms with Crippen molar-refractivity contribution in [3.05, 3.63) is 72.1 Å². The van der Waals surface area contributed by atoms with Gasteiger partial charge in [-0.05, 0) is 68.2 Å². The number of hydroxylamine groups is 1. The van der Waals surface area contributed by atoms with Crippen LogP contribution < -0.4 is 10.8 Å². The van der Waals surface area contributed by atoms with E-state index in [9.17, 15) is 25.0 Å². The van der Waals surface area contributed by atoms with E-state index in [0.29, 0.717) is 41.8 Å². The van der Waals surface area contributed by atoms with E-state index in [0.717, 1.165) is 18.4 Å². The number of fused-ring (bicyclic) bond motifs is 1. The molecule has 5 N–H and O–H groups in total. The number of amides is 2. The van der Waals surface area contributed by atoms with Gasteiger partial charge in [0.15, 0.2) is 0 Å². The molecule has 0 radical (unpaired) electrons. The molecule has 0 bridgehead atoms. The van der Waals surface area contributed by atoms with Crippen molar-refractivity contribution in [1.82, 2.24) is 20.8 Å². The van der Waals surface area contributed by atoms with Crippen molar-refractivity contribution in [2.75, 3.05) is 0 Å². The van der Waals surface area contributed by atoms with Crippen LogP contribution in [0.1, 0.15) is 54.9 Å². The van der Waals surface area contributed by atoms with Crippen LogP contribution in [-0.2, 0) is 11.2 Å². The Labute approximate surface area is 215 Å². The third-order valence-corrected chi connectivity index (χ3v) is 7.49. The molecule has 1 aliphatic carbocycles. The summed E-state index contributed by atoms with van der Waals surface area (Å²) in [6.07, 6.45) is 4.35. The van der Waals surface area contributed by atoms with Crippen LogP contribution in [0.3, 0.4) is 0 Å². The van der Waals surface area contributed by atoms with Crippen molar-refractivity contribution in [2.45, 2.75) is 63.2 Å². The SMILES string of the molecule is CC1CCC(O)(C(CC(O)C(Cc2ccccc2)NC(=O)c2cnc3cccnc3c2)C(=O)NO)CC1. The van der Waals surface area contributed by atoms with Crippen LogP contribution in [0.15, 0.2) is 60.9 Å². The lowest BCUT2D eigenvalue weighted by Gasteiger charge is -2.41. The molecule has 2 amide bonds. The molecule has 3 unspecified atom stereocenters. The Morgan fingerprint density at radius 3 is 2.51 bits per heavy atom. The largest absolute Gasteiger partial charge is 0.391 e. The smallest absolute Gasteiger partial charge is 0.253 e. The molecule has 3 aromatic rings. The first-order valence-corrected chi connectivity index (χ1v) is 12.7. The summed E-state index contributed by atoms with van der Waals surface area (Å²) in [6.45, 7) is 2.10. The predicted octanol–water partition coefficient (Wildman–Crippen LogP) is 2.78. The standard InChI is InChI=1S/C28H34N4O5/c1-18-9-11-28(36,12-10-18)21(27(35)32-37)16-25(33)24(14-19-6-3-2-4-7-19)31-26(34)20-15-23-22(30-17-20)8-5-13-29-23/h2-8,13,15,17-18,21,24-25,33,36-37H,9-12,14,16H2,1H3,(H,31,34)(H,32,35). The molecule has 3 atom stereocenters. The van der Waals surface area contributed by atoms with Crippen LogP contribution in [0.25, 0.3) is 11.0 Å². The molecule has 0 saturated heterocycles. The van der Waals surface area contributed by atoms with E-state index < -0.39 is 35.5 Å². The lowest BCUT2D eigenvalue weighted by Crippen LogP contribution is -2.52. The van der Waals surface area contributed by atoms with Gasteiger partial charge in [-0.2, -0.15) is 0 Å². The highest BCUT2D eigenvalue weighted by atomic mass is 16.5. The topological polar surface area (TPSA) is 145 Å². The van der Waals surface area contributed by atoms with Gasteiger partial charge in [0.05, 0.1) is 40.3 Å². The van der Waals surface area contributed by atoms with E-state index in [-0.39, 0.29) is 6.42 Å². The highest BCUT2D eigenvalue weighted by molar-refractivity contribution is 5.96. The van der Waals surface area contributed by atoms with E-state index in [1.807, 2.05) is 30.3 Å². The second-order valence-corrected chi connectivity index (χ2v) is 10.2. The summed E-state index contributed by atoms with van der Waals surface area (Å²) in [6, 6.07) is 13.8. The highest BCUT2D eigenvalue weighted by Crippen LogP contribution is 2.39. The summed E-state index contributed by atoms with van der Waals surface area (Å²) >= 11 is 0. The highest BCUT2D eigenvalue weighted by Gasteiger charge is 2.45. The van der Waals surface area contributed by atoms with Crippen molar-refractivity contribution < 1.29 is 25.0 Å². The van der Waals surface area contributed by atoms with Crippen LogP contribution in [0.4, 0.5) is 0 Å². The van der Waals surface area contributed by atoms with E-state index >= 15 is 0 Å². The molecule has 1 aliphatic rings. The number of carbonyl (C=O) groups is 2. The summed E-state index contributed by atoms with van der Waals surface area (Å²) < 4.78 is 0. The molecular weight excluding hydrogens is 472 g/mol. The maximum absolute atomic E-state index is 13.2. The Balaban J connectivity index is 1.57. The minimum Gasteiger partial charge on any atom is -0.391 e. The Morgan fingerprint density at radius 1 is 1.08 bits per heavy atom. The number of hydrogen-bond acceptors (Lipinski definition) is 7. The second kappa shape index (κ2) is 11.8. The third kappa shape index (κ3) is 6.49. The molecular formula is C28H34N4O5. The van der Waals surface area contributed by atoms with Gasteiger partial charge in [-0.25, -0.2) is 5.48 Å². The van der Waals surface area contributed by atoms with E-state index in [4.69, 9.17) is 0 Å². The molecule has 37 heavy (non-hydrogen) atoms. The zero-order valence-electron chi connectivity index (χ0n) is 20.9. The Bertz CT molecular complexity index is 1210. The number of rotatable bonds is 9. The summed E-state index contributed by atoms with van der Waals surface area (Å²) in [7, 11) is 0. The average Bonchev–Trinajstić information content (AvgIpc) is 2.92. The fourth-order valence-corrected chi connectivity index (χ4v) is 5.14. The maximum atomic E-state index is 13.2. The van der Waals surface area contributed by atoms with Crippen molar-refractivity contribution in [3.63, 3.8) is 0 Å². The molecule has 0 aliphatic heterocycles. The molecule has 4 rings (SSSR count). The van der Waals surface area contributed by atoms with Crippen molar-refractivity contribution in [1.29, 1.82) is 0 Å². The Morgan fingerprint density at radius 2 is 1.81 bits per heavy atom. The average molecular weight is 507 g/mol. The molecule has 1 aromatic carbocycles. The van der Waals surface area contributed by atoms with Crippen molar-refractivity contribution >= 4 is 22.8 Å². The number of hydrogen-bond donors (Lipinski definition) is 5. The minimum atomic E-state index is -1.35. The molecule has 1 saturated carbocycles.